The summed E-state index contributed by atoms with van der Waals surface area (Å²) in [6.07, 6.45) is -4.68. The lowest BCUT2D eigenvalue weighted by Gasteiger charge is -2.27. The molecule has 2 aromatic carbocycles. The molecule has 1 aromatic heterocycles. The second-order valence-corrected chi connectivity index (χ2v) is 11.1. The van der Waals surface area contributed by atoms with Crippen LogP contribution in [0.15, 0.2) is 82.5 Å². The van der Waals surface area contributed by atoms with Gasteiger partial charge in [-0.15, -0.1) is 0 Å². The third-order valence-electron chi connectivity index (χ3n) is 6.46. The number of fused-ring (bicyclic) bond motifs is 1. The molecule has 0 saturated carbocycles. The van der Waals surface area contributed by atoms with Crippen molar-refractivity contribution in [1.29, 1.82) is 0 Å². The standard InChI is InChI=1S/C26H29N2O10P/c1-26(2)36-22-18(35-24(23(22)37-26)28-14-13-19(29)27-25(28)31)15-34-39(32,33)38-21(17-11-7-4-8-12-17)20(30)16-9-5-3-6-10-16/h3-14,18,20-24,30H,15H2,1-2H3,(H,32,33)(H,27,29,31)/t18-,20?,21?,22-,23-,24-/m1/s1. The number of phosphoric acid groups is 1. The van der Waals surface area contributed by atoms with Gasteiger partial charge in [0.1, 0.15) is 30.5 Å². The highest BCUT2D eigenvalue weighted by molar-refractivity contribution is 7.47. The first-order valence-corrected chi connectivity index (χ1v) is 13.8. The van der Waals surface area contributed by atoms with Crippen LogP contribution >= 0.6 is 7.82 Å². The van der Waals surface area contributed by atoms with E-state index < -0.39 is 68.2 Å². The minimum atomic E-state index is -4.77. The average Bonchev–Trinajstić information content (AvgIpc) is 3.39. The van der Waals surface area contributed by atoms with Crippen LogP contribution in [-0.2, 0) is 27.8 Å². The van der Waals surface area contributed by atoms with Gasteiger partial charge < -0.3 is 24.2 Å². The predicted molar refractivity (Wildman–Crippen MR) is 137 cm³/mol. The smallest absolute Gasteiger partial charge is 0.385 e. The zero-order valence-electron chi connectivity index (χ0n) is 21.2. The zero-order valence-corrected chi connectivity index (χ0v) is 22.0. The first-order valence-electron chi connectivity index (χ1n) is 12.3. The SMILES string of the molecule is CC1(C)O[C@@H]2[C@H](O1)[C@@H](COP(=O)(O)OC(c1ccccc1)C(O)c1ccccc1)O[C@H]2n1ccc(=O)[nH]c1=O. The molecular weight excluding hydrogens is 531 g/mol. The quantitative estimate of drug-likeness (QED) is 0.332. The third-order valence-corrected chi connectivity index (χ3v) is 7.42. The van der Waals surface area contributed by atoms with Gasteiger partial charge in [-0.3, -0.25) is 23.4 Å². The molecule has 0 spiro atoms. The number of rotatable bonds is 9. The summed E-state index contributed by atoms with van der Waals surface area (Å²) in [7, 11) is -4.77. The van der Waals surface area contributed by atoms with E-state index in [1.54, 1.807) is 74.5 Å². The molecule has 0 amide bonds. The first-order chi connectivity index (χ1) is 18.5. The Hall–Kier alpha value is -2.93. The van der Waals surface area contributed by atoms with Gasteiger partial charge in [0.15, 0.2) is 12.0 Å². The number of aliphatic hydroxyl groups is 1. The maximum atomic E-state index is 13.1. The Labute approximate surface area is 223 Å². The van der Waals surface area contributed by atoms with E-state index in [2.05, 4.69) is 4.98 Å². The first kappa shape index (κ1) is 27.6. The number of phosphoric ester groups is 1. The molecule has 3 aromatic rings. The van der Waals surface area contributed by atoms with E-state index in [1.807, 2.05) is 0 Å². The highest BCUT2D eigenvalue weighted by atomic mass is 31.2. The van der Waals surface area contributed by atoms with E-state index in [0.717, 1.165) is 4.57 Å². The normalized spacial score (nSPS) is 27.0. The van der Waals surface area contributed by atoms with Crippen molar-refractivity contribution in [2.75, 3.05) is 6.61 Å². The van der Waals surface area contributed by atoms with Crippen LogP contribution in [0.3, 0.4) is 0 Å². The van der Waals surface area contributed by atoms with E-state index >= 15 is 0 Å². The number of aromatic nitrogens is 2. The topological polar surface area (TPSA) is 159 Å². The lowest BCUT2D eigenvalue weighted by Crippen LogP contribution is -2.37. The molecule has 7 atom stereocenters. The molecule has 2 aliphatic heterocycles. The van der Waals surface area contributed by atoms with Gasteiger partial charge in [-0.25, -0.2) is 9.36 Å². The lowest BCUT2D eigenvalue weighted by molar-refractivity contribution is -0.200. The predicted octanol–water partition coefficient (Wildman–Crippen LogP) is 2.56. The zero-order chi connectivity index (χ0) is 27.8. The van der Waals surface area contributed by atoms with Gasteiger partial charge in [0.05, 0.1) is 6.61 Å². The molecule has 2 aliphatic rings. The molecule has 3 heterocycles. The molecule has 0 bridgehead atoms. The average molecular weight is 560 g/mol. The molecule has 5 rings (SSSR count). The molecule has 208 valence electrons. The number of hydrogen-bond donors (Lipinski definition) is 3. The molecule has 13 heteroatoms. The van der Waals surface area contributed by atoms with Crippen LogP contribution in [0.4, 0.5) is 0 Å². The fraction of sp³-hybridized carbons (Fsp3) is 0.385. The van der Waals surface area contributed by atoms with Crippen LogP contribution in [0.25, 0.3) is 0 Å². The maximum absolute atomic E-state index is 13.1. The second kappa shape index (κ2) is 10.9. The van der Waals surface area contributed by atoms with Gasteiger partial charge in [0.25, 0.3) is 5.56 Å². The Morgan fingerprint density at radius 2 is 1.62 bits per heavy atom. The van der Waals surface area contributed by atoms with Crippen molar-refractivity contribution in [3.8, 4) is 0 Å². The van der Waals surface area contributed by atoms with Crippen molar-refractivity contribution < 1.29 is 37.8 Å². The van der Waals surface area contributed by atoms with E-state index in [9.17, 15) is 24.2 Å². The number of nitrogens with zero attached hydrogens (tertiary/aromatic N) is 1. The summed E-state index contributed by atoms with van der Waals surface area (Å²) in [6, 6.07) is 18.3. The Kier molecular flexibility index (Phi) is 7.73. The Morgan fingerprint density at radius 3 is 2.26 bits per heavy atom. The number of H-pyrrole nitrogens is 1. The third kappa shape index (κ3) is 6.13. The van der Waals surface area contributed by atoms with Crippen LogP contribution in [0.1, 0.15) is 43.4 Å². The van der Waals surface area contributed by atoms with Crippen molar-refractivity contribution in [3.05, 3.63) is 105 Å². The van der Waals surface area contributed by atoms with Crippen LogP contribution in [0.5, 0.6) is 0 Å². The molecule has 39 heavy (non-hydrogen) atoms. The van der Waals surface area contributed by atoms with Gasteiger partial charge in [0.2, 0.25) is 0 Å². The van der Waals surface area contributed by atoms with Crippen molar-refractivity contribution in [2.24, 2.45) is 0 Å². The minimum Gasteiger partial charge on any atom is -0.385 e. The van der Waals surface area contributed by atoms with Crippen molar-refractivity contribution >= 4 is 7.82 Å². The van der Waals surface area contributed by atoms with Crippen LogP contribution < -0.4 is 11.2 Å². The Balaban J connectivity index is 1.34. The van der Waals surface area contributed by atoms with Gasteiger partial charge in [-0.2, -0.15) is 0 Å². The summed E-state index contributed by atoms with van der Waals surface area (Å²) in [5.41, 5.74) is -0.326. The largest absolute Gasteiger partial charge is 0.472 e. The Bertz CT molecular complexity index is 1440. The minimum absolute atomic E-state index is 0.452. The van der Waals surface area contributed by atoms with Crippen LogP contribution in [-0.4, -0.2) is 50.3 Å². The summed E-state index contributed by atoms with van der Waals surface area (Å²) in [6.45, 7) is 2.92. The van der Waals surface area contributed by atoms with Gasteiger partial charge in [-0.05, 0) is 25.0 Å². The number of hydrogen-bond acceptors (Lipinski definition) is 9. The number of nitrogens with one attached hydrogen (secondary N) is 1. The number of benzene rings is 2. The monoisotopic (exact) mass is 560 g/mol. The van der Waals surface area contributed by atoms with E-state index in [1.165, 1.54) is 12.3 Å². The molecular formula is C26H29N2O10P. The molecule has 0 aliphatic carbocycles. The summed E-state index contributed by atoms with van der Waals surface area (Å²) in [5.74, 6) is -1.03. The van der Waals surface area contributed by atoms with Crippen molar-refractivity contribution in [3.63, 3.8) is 0 Å². The van der Waals surface area contributed by atoms with Crippen molar-refractivity contribution in [1.82, 2.24) is 9.55 Å². The van der Waals surface area contributed by atoms with Gasteiger partial charge >= 0.3 is 13.5 Å². The molecule has 2 fully saturated rings. The number of aliphatic hydroxyl groups excluding tert-OH is 1. The number of ether oxygens (including phenoxy) is 3. The molecule has 2 saturated heterocycles. The van der Waals surface area contributed by atoms with Crippen LogP contribution in [0, 0.1) is 0 Å². The summed E-state index contributed by atoms with van der Waals surface area (Å²) >= 11 is 0. The molecule has 12 nitrogen and oxygen atoms in total. The van der Waals surface area contributed by atoms with Crippen molar-refractivity contribution in [2.45, 2.75) is 56.4 Å². The maximum Gasteiger partial charge on any atom is 0.472 e. The summed E-state index contributed by atoms with van der Waals surface area (Å²) < 4.78 is 43.0. The molecule has 0 radical (unpaired) electrons. The fourth-order valence-electron chi connectivity index (χ4n) is 4.76. The lowest BCUT2D eigenvalue weighted by atomic mass is 9.98. The molecule has 3 unspecified atom stereocenters. The van der Waals surface area contributed by atoms with E-state index in [4.69, 9.17) is 23.3 Å². The number of aromatic amines is 1. The van der Waals surface area contributed by atoms with E-state index in [-0.39, 0.29) is 0 Å². The second-order valence-electron chi connectivity index (χ2n) is 9.70. The summed E-state index contributed by atoms with van der Waals surface area (Å²) in [4.78, 5) is 36.8. The van der Waals surface area contributed by atoms with E-state index in [0.29, 0.717) is 11.1 Å². The highest BCUT2D eigenvalue weighted by Crippen LogP contribution is 2.52. The summed E-state index contributed by atoms with van der Waals surface area (Å²) in [5, 5.41) is 11.0. The Morgan fingerprint density at radius 1 is 1.00 bits per heavy atom. The van der Waals surface area contributed by atoms with Gasteiger partial charge in [-0.1, -0.05) is 60.7 Å². The molecule has 3 N–H and O–H groups in total. The van der Waals surface area contributed by atoms with Gasteiger partial charge in [0, 0.05) is 12.3 Å². The highest BCUT2D eigenvalue weighted by Gasteiger charge is 2.56. The van der Waals surface area contributed by atoms with Crippen LogP contribution in [0.2, 0.25) is 0 Å². The fourth-order valence-corrected chi connectivity index (χ4v) is 5.68.